The third-order valence-corrected chi connectivity index (χ3v) is 5.66. The Hall–Kier alpha value is -1.45. The van der Waals surface area contributed by atoms with Crippen LogP contribution in [0.1, 0.15) is 13.8 Å². The third-order valence-electron chi connectivity index (χ3n) is 3.87. The van der Waals surface area contributed by atoms with E-state index in [1.54, 1.807) is 0 Å². The standard InChI is InChI=1S/C12H20N4O4S/c1-9-5-16(6-10(2)14(9)3)21(19,20)11-4-13-15(7-11)8-12(17)18/h4,7,9-10H,5-6,8H2,1-3H3,(H,17,18). The number of hydrogen-bond donors (Lipinski definition) is 1. The zero-order valence-corrected chi connectivity index (χ0v) is 13.1. The summed E-state index contributed by atoms with van der Waals surface area (Å²) in [5, 5.41) is 12.5. The molecule has 0 amide bonds. The largest absolute Gasteiger partial charge is 0.480 e. The SMILES string of the molecule is CC1CN(S(=O)(=O)c2cnn(CC(=O)O)c2)CC(C)N1C. The van der Waals surface area contributed by atoms with Crippen molar-refractivity contribution in [2.45, 2.75) is 37.4 Å². The van der Waals surface area contributed by atoms with Gasteiger partial charge in [-0.15, -0.1) is 0 Å². The minimum absolute atomic E-state index is 0.0349. The molecule has 9 heteroatoms. The molecule has 1 aromatic heterocycles. The smallest absolute Gasteiger partial charge is 0.325 e. The Labute approximate surface area is 124 Å². The van der Waals surface area contributed by atoms with Gasteiger partial charge in [0.25, 0.3) is 0 Å². The molecule has 8 nitrogen and oxygen atoms in total. The number of aliphatic carboxylic acids is 1. The number of rotatable bonds is 4. The summed E-state index contributed by atoms with van der Waals surface area (Å²) in [6, 6.07) is 0.246. The zero-order chi connectivity index (χ0) is 15.8. The van der Waals surface area contributed by atoms with E-state index < -0.39 is 16.0 Å². The van der Waals surface area contributed by atoms with Crippen molar-refractivity contribution in [3.05, 3.63) is 12.4 Å². The lowest BCUT2D eigenvalue weighted by molar-refractivity contribution is -0.137. The van der Waals surface area contributed by atoms with Crippen molar-refractivity contribution in [2.24, 2.45) is 0 Å². The molecular weight excluding hydrogens is 296 g/mol. The number of carboxylic acid groups (broad SMARTS) is 1. The minimum atomic E-state index is -3.64. The fraction of sp³-hybridized carbons (Fsp3) is 0.667. The lowest BCUT2D eigenvalue weighted by Crippen LogP contribution is -2.56. The molecule has 0 spiro atoms. The maximum absolute atomic E-state index is 12.6. The predicted octanol–water partition coefficient (Wildman–Crippen LogP) is -0.319. The second kappa shape index (κ2) is 5.74. The topological polar surface area (TPSA) is 95.7 Å². The Morgan fingerprint density at radius 2 is 1.95 bits per heavy atom. The Bertz CT molecular complexity index is 615. The van der Waals surface area contributed by atoms with E-state index in [9.17, 15) is 13.2 Å². The van der Waals surface area contributed by atoms with Crippen LogP contribution in [-0.4, -0.2) is 70.7 Å². The molecule has 0 aliphatic carbocycles. The molecule has 0 radical (unpaired) electrons. The van der Waals surface area contributed by atoms with Crippen molar-refractivity contribution in [3.63, 3.8) is 0 Å². The summed E-state index contributed by atoms with van der Waals surface area (Å²) in [6.45, 7) is 4.42. The number of likely N-dealkylation sites (N-methyl/N-ethyl adjacent to an activating group) is 1. The molecule has 1 aliphatic heterocycles. The van der Waals surface area contributed by atoms with Gasteiger partial charge in [-0.25, -0.2) is 8.42 Å². The highest BCUT2D eigenvalue weighted by Crippen LogP contribution is 2.21. The lowest BCUT2D eigenvalue weighted by atomic mass is 10.1. The first kappa shape index (κ1) is 15.9. The molecular formula is C12H20N4O4S. The van der Waals surface area contributed by atoms with E-state index in [4.69, 9.17) is 5.11 Å². The average molecular weight is 316 g/mol. The van der Waals surface area contributed by atoms with Crippen molar-refractivity contribution >= 4 is 16.0 Å². The van der Waals surface area contributed by atoms with E-state index in [1.807, 2.05) is 20.9 Å². The van der Waals surface area contributed by atoms with Crippen LogP contribution in [0, 0.1) is 0 Å². The van der Waals surface area contributed by atoms with Crippen molar-refractivity contribution in [1.82, 2.24) is 19.0 Å². The predicted molar refractivity (Wildman–Crippen MR) is 75.3 cm³/mol. The molecule has 21 heavy (non-hydrogen) atoms. The van der Waals surface area contributed by atoms with E-state index in [2.05, 4.69) is 10.00 Å². The second-order valence-corrected chi connectivity index (χ2v) is 7.39. The summed E-state index contributed by atoms with van der Waals surface area (Å²) in [4.78, 5) is 12.8. The summed E-state index contributed by atoms with van der Waals surface area (Å²) in [6.07, 6.45) is 2.46. The van der Waals surface area contributed by atoms with Crippen molar-refractivity contribution in [1.29, 1.82) is 0 Å². The van der Waals surface area contributed by atoms with Gasteiger partial charge in [0.05, 0.1) is 6.20 Å². The van der Waals surface area contributed by atoms with E-state index in [0.717, 1.165) is 4.68 Å². The molecule has 2 rings (SSSR count). The summed E-state index contributed by atoms with van der Waals surface area (Å²) in [5.41, 5.74) is 0. The number of piperazine rings is 1. The molecule has 2 atom stereocenters. The van der Waals surface area contributed by atoms with E-state index >= 15 is 0 Å². The number of aromatic nitrogens is 2. The molecule has 1 N–H and O–H groups in total. The number of sulfonamides is 1. The maximum Gasteiger partial charge on any atom is 0.325 e. The van der Waals surface area contributed by atoms with Crippen LogP contribution < -0.4 is 0 Å². The van der Waals surface area contributed by atoms with Crippen LogP contribution in [0.2, 0.25) is 0 Å². The Kier molecular flexibility index (Phi) is 4.35. The maximum atomic E-state index is 12.6. The monoisotopic (exact) mass is 316 g/mol. The highest BCUT2D eigenvalue weighted by atomic mass is 32.2. The van der Waals surface area contributed by atoms with E-state index in [0.29, 0.717) is 13.1 Å². The quantitative estimate of drug-likeness (QED) is 0.818. The van der Waals surface area contributed by atoms with Crippen LogP contribution in [-0.2, 0) is 21.4 Å². The van der Waals surface area contributed by atoms with Gasteiger partial charge < -0.3 is 5.11 Å². The third kappa shape index (κ3) is 3.25. The molecule has 118 valence electrons. The lowest BCUT2D eigenvalue weighted by Gasteiger charge is -2.41. The van der Waals surface area contributed by atoms with Crippen molar-refractivity contribution < 1.29 is 18.3 Å². The van der Waals surface area contributed by atoms with Gasteiger partial charge in [-0.2, -0.15) is 9.40 Å². The first-order valence-corrected chi connectivity index (χ1v) is 8.12. The van der Waals surface area contributed by atoms with Gasteiger partial charge >= 0.3 is 5.97 Å². The second-order valence-electron chi connectivity index (χ2n) is 5.45. The molecule has 1 fully saturated rings. The molecule has 1 aromatic rings. The fourth-order valence-electron chi connectivity index (χ4n) is 2.40. The van der Waals surface area contributed by atoms with Crippen LogP contribution in [0.15, 0.2) is 17.3 Å². The van der Waals surface area contributed by atoms with Crippen molar-refractivity contribution in [2.75, 3.05) is 20.1 Å². The fourth-order valence-corrected chi connectivity index (χ4v) is 3.96. The van der Waals surface area contributed by atoms with Crippen molar-refractivity contribution in [3.8, 4) is 0 Å². The van der Waals surface area contributed by atoms with Crippen LogP contribution >= 0.6 is 0 Å². The summed E-state index contributed by atoms with van der Waals surface area (Å²) >= 11 is 0. The zero-order valence-electron chi connectivity index (χ0n) is 12.3. The molecule has 1 aliphatic rings. The Morgan fingerprint density at radius 3 is 2.48 bits per heavy atom. The Balaban J connectivity index is 2.22. The summed E-state index contributed by atoms with van der Waals surface area (Å²) < 4.78 is 27.7. The van der Waals surface area contributed by atoms with Crippen LogP contribution in [0.4, 0.5) is 0 Å². The van der Waals surface area contributed by atoms with Gasteiger partial charge in [0.2, 0.25) is 10.0 Å². The molecule has 0 aromatic carbocycles. The van der Waals surface area contributed by atoms with Gasteiger partial charge in [-0.05, 0) is 20.9 Å². The molecule has 0 bridgehead atoms. The first-order valence-electron chi connectivity index (χ1n) is 6.68. The molecule has 2 heterocycles. The molecule has 2 unspecified atom stereocenters. The minimum Gasteiger partial charge on any atom is -0.480 e. The van der Waals surface area contributed by atoms with E-state index in [1.165, 1.54) is 16.7 Å². The summed E-state index contributed by atoms with van der Waals surface area (Å²) in [7, 11) is -1.66. The summed E-state index contributed by atoms with van der Waals surface area (Å²) in [5.74, 6) is -1.07. The van der Waals surface area contributed by atoms with Crippen LogP contribution in [0.3, 0.4) is 0 Å². The van der Waals surface area contributed by atoms with Gasteiger partial charge in [-0.1, -0.05) is 0 Å². The first-order chi connectivity index (χ1) is 9.71. The molecule has 1 saturated heterocycles. The number of carbonyl (C=O) groups is 1. The van der Waals surface area contributed by atoms with Crippen LogP contribution in [0.5, 0.6) is 0 Å². The van der Waals surface area contributed by atoms with Gasteiger partial charge in [0.15, 0.2) is 0 Å². The van der Waals surface area contributed by atoms with E-state index in [-0.39, 0.29) is 23.5 Å². The number of carboxylic acids is 1. The number of hydrogen-bond acceptors (Lipinski definition) is 5. The number of nitrogens with zero attached hydrogens (tertiary/aromatic N) is 4. The van der Waals surface area contributed by atoms with Gasteiger partial charge in [0.1, 0.15) is 11.4 Å². The average Bonchev–Trinajstić information content (AvgIpc) is 2.83. The highest BCUT2D eigenvalue weighted by molar-refractivity contribution is 7.89. The van der Waals surface area contributed by atoms with Gasteiger partial charge in [-0.3, -0.25) is 14.4 Å². The normalized spacial score (nSPS) is 25.1. The van der Waals surface area contributed by atoms with Gasteiger partial charge in [0, 0.05) is 31.4 Å². The van der Waals surface area contributed by atoms with Crippen LogP contribution in [0.25, 0.3) is 0 Å². The highest BCUT2D eigenvalue weighted by Gasteiger charge is 2.35. The Morgan fingerprint density at radius 1 is 1.38 bits per heavy atom. The molecule has 0 saturated carbocycles.